The van der Waals surface area contributed by atoms with E-state index in [1.807, 2.05) is 29.7 Å². The molecule has 7 nitrogen and oxygen atoms in total. The molecule has 2 aromatic heterocycles. The number of hydrogen-bond acceptors (Lipinski definition) is 7. The molecule has 130 valence electrons. The molecule has 1 fully saturated rings. The van der Waals surface area contributed by atoms with Crippen LogP contribution < -0.4 is 10.1 Å². The number of thioether (sulfide) groups is 1. The van der Waals surface area contributed by atoms with E-state index in [0.717, 1.165) is 34.0 Å². The molecule has 1 saturated carbocycles. The SMILES string of the molecule is CCOc1ccc2nc(NC(=O)CSc3nncn3C3CC3)sc2c1. The summed E-state index contributed by atoms with van der Waals surface area (Å²) in [5, 5.41) is 12.3. The lowest BCUT2D eigenvalue weighted by molar-refractivity contribution is -0.113. The van der Waals surface area contributed by atoms with Crippen molar-refractivity contribution in [2.45, 2.75) is 31.0 Å². The van der Waals surface area contributed by atoms with Crippen molar-refractivity contribution < 1.29 is 9.53 Å². The first-order chi connectivity index (χ1) is 12.2. The third-order valence-electron chi connectivity index (χ3n) is 3.73. The Morgan fingerprint density at radius 3 is 3.16 bits per heavy atom. The number of hydrogen-bond donors (Lipinski definition) is 1. The fourth-order valence-electron chi connectivity index (χ4n) is 2.44. The minimum absolute atomic E-state index is 0.0977. The molecule has 1 aromatic carbocycles. The van der Waals surface area contributed by atoms with Crippen LogP contribution in [-0.4, -0.2) is 38.0 Å². The zero-order valence-electron chi connectivity index (χ0n) is 13.6. The highest BCUT2D eigenvalue weighted by molar-refractivity contribution is 7.99. The van der Waals surface area contributed by atoms with E-state index in [4.69, 9.17) is 4.74 Å². The van der Waals surface area contributed by atoms with Gasteiger partial charge >= 0.3 is 0 Å². The van der Waals surface area contributed by atoms with Crippen molar-refractivity contribution in [1.82, 2.24) is 19.7 Å². The molecule has 0 aliphatic heterocycles. The molecule has 2 heterocycles. The van der Waals surface area contributed by atoms with Crippen molar-refractivity contribution >= 4 is 44.4 Å². The van der Waals surface area contributed by atoms with Crippen LogP contribution >= 0.6 is 23.1 Å². The molecular formula is C16H17N5O2S2. The van der Waals surface area contributed by atoms with Crippen LogP contribution in [0.15, 0.2) is 29.7 Å². The van der Waals surface area contributed by atoms with Crippen molar-refractivity contribution in [2.24, 2.45) is 0 Å². The number of ether oxygens (including phenoxy) is 1. The summed E-state index contributed by atoms with van der Waals surface area (Å²) in [4.78, 5) is 16.6. The van der Waals surface area contributed by atoms with Crippen LogP contribution in [-0.2, 0) is 4.79 Å². The molecule has 1 aliphatic carbocycles. The summed E-state index contributed by atoms with van der Waals surface area (Å²) in [5.74, 6) is 0.997. The lowest BCUT2D eigenvalue weighted by Crippen LogP contribution is -2.14. The molecule has 0 unspecified atom stereocenters. The molecular weight excluding hydrogens is 358 g/mol. The van der Waals surface area contributed by atoms with Crippen LogP contribution in [0.25, 0.3) is 10.2 Å². The smallest absolute Gasteiger partial charge is 0.236 e. The number of aromatic nitrogens is 4. The molecule has 9 heteroatoms. The second-order valence-electron chi connectivity index (χ2n) is 5.67. The molecule has 0 saturated heterocycles. The van der Waals surface area contributed by atoms with E-state index < -0.39 is 0 Å². The highest BCUT2D eigenvalue weighted by atomic mass is 32.2. The van der Waals surface area contributed by atoms with Crippen molar-refractivity contribution in [3.63, 3.8) is 0 Å². The average molecular weight is 375 g/mol. The standard InChI is InChI=1S/C16H17N5O2S2/c1-2-23-11-5-6-12-13(7-11)25-15(18-12)19-14(22)8-24-16-20-17-9-21(16)10-3-4-10/h5-7,9-10H,2-4,8H2,1H3,(H,18,19,22). The largest absolute Gasteiger partial charge is 0.494 e. The Bertz CT molecular complexity index is 903. The Kier molecular flexibility index (Phi) is 4.58. The van der Waals surface area contributed by atoms with Gasteiger partial charge in [0.15, 0.2) is 10.3 Å². The lowest BCUT2D eigenvalue weighted by atomic mass is 10.3. The van der Waals surface area contributed by atoms with E-state index in [-0.39, 0.29) is 11.7 Å². The van der Waals surface area contributed by atoms with Crippen LogP contribution in [0.5, 0.6) is 5.75 Å². The second-order valence-corrected chi connectivity index (χ2v) is 7.64. The fraction of sp³-hybridized carbons (Fsp3) is 0.375. The Hall–Kier alpha value is -2.13. The maximum absolute atomic E-state index is 12.2. The first-order valence-corrected chi connectivity index (χ1v) is 9.88. The summed E-state index contributed by atoms with van der Waals surface area (Å²) in [5.41, 5.74) is 0.852. The summed E-state index contributed by atoms with van der Waals surface area (Å²) in [7, 11) is 0. The van der Waals surface area contributed by atoms with Gasteiger partial charge in [0.05, 0.1) is 22.6 Å². The molecule has 1 N–H and O–H groups in total. The predicted molar refractivity (Wildman–Crippen MR) is 98.4 cm³/mol. The van der Waals surface area contributed by atoms with Gasteiger partial charge in [-0.2, -0.15) is 0 Å². The summed E-state index contributed by atoms with van der Waals surface area (Å²) in [6, 6.07) is 6.24. The van der Waals surface area contributed by atoms with Crippen molar-refractivity contribution in [3.05, 3.63) is 24.5 Å². The van der Waals surface area contributed by atoms with E-state index >= 15 is 0 Å². The van der Waals surface area contributed by atoms with E-state index in [1.54, 1.807) is 6.33 Å². The van der Waals surface area contributed by atoms with Gasteiger partial charge < -0.3 is 14.6 Å². The van der Waals surface area contributed by atoms with E-state index in [0.29, 0.717) is 17.8 Å². The fourth-order valence-corrected chi connectivity index (χ4v) is 4.13. The van der Waals surface area contributed by atoms with Crippen LogP contribution in [0.1, 0.15) is 25.8 Å². The van der Waals surface area contributed by atoms with E-state index in [9.17, 15) is 4.79 Å². The molecule has 0 spiro atoms. The first kappa shape index (κ1) is 16.3. The zero-order valence-corrected chi connectivity index (χ0v) is 15.3. The minimum atomic E-state index is -0.0977. The number of benzene rings is 1. The van der Waals surface area contributed by atoms with Crippen LogP contribution in [0, 0.1) is 0 Å². The number of carbonyl (C=O) groups is 1. The average Bonchev–Trinajstić information content (AvgIpc) is 3.19. The van der Waals surface area contributed by atoms with Gasteiger partial charge in [0.1, 0.15) is 12.1 Å². The quantitative estimate of drug-likeness (QED) is 0.638. The van der Waals surface area contributed by atoms with Crippen molar-refractivity contribution in [1.29, 1.82) is 0 Å². The number of thiazole rings is 1. The molecule has 0 radical (unpaired) electrons. The Morgan fingerprint density at radius 1 is 1.48 bits per heavy atom. The second kappa shape index (κ2) is 7.01. The maximum Gasteiger partial charge on any atom is 0.236 e. The van der Waals surface area contributed by atoms with Gasteiger partial charge in [0.25, 0.3) is 0 Å². The molecule has 1 amide bonds. The van der Waals surface area contributed by atoms with Gasteiger partial charge in [0, 0.05) is 6.04 Å². The van der Waals surface area contributed by atoms with Crippen molar-refractivity contribution in [3.8, 4) is 5.75 Å². The van der Waals surface area contributed by atoms with Crippen molar-refractivity contribution in [2.75, 3.05) is 17.7 Å². The number of anilines is 1. The Labute approximate surface area is 152 Å². The summed E-state index contributed by atoms with van der Waals surface area (Å²) in [6.45, 7) is 2.57. The number of carbonyl (C=O) groups excluding carboxylic acids is 1. The molecule has 0 bridgehead atoms. The summed E-state index contributed by atoms with van der Waals surface area (Å²) >= 11 is 2.84. The molecule has 0 atom stereocenters. The third-order valence-corrected chi connectivity index (χ3v) is 5.62. The maximum atomic E-state index is 12.2. The van der Waals surface area contributed by atoms with E-state index in [1.165, 1.54) is 23.1 Å². The number of nitrogens with zero attached hydrogens (tertiary/aromatic N) is 4. The van der Waals surface area contributed by atoms with Crippen LogP contribution in [0.4, 0.5) is 5.13 Å². The highest BCUT2D eigenvalue weighted by Crippen LogP contribution is 2.37. The molecule has 1 aliphatic rings. The summed E-state index contributed by atoms with van der Waals surface area (Å²) < 4.78 is 8.53. The number of rotatable bonds is 7. The Morgan fingerprint density at radius 2 is 2.36 bits per heavy atom. The normalized spacial score (nSPS) is 14.0. The Balaban J connectivity index is 1.38. The van der Waals surface area contributed by atoms with Crippen LogP contribution in [0.2, 0.25) is 0 Å². The topological polar surface area (TPSA) is 81.9 Å². The van der Waals surface area contributed by atoms with Gasteiger partial charge in [-0.3, -0.25) is 4.79 Å². The van der Waals surface area contributed by atoms with Gasteiger partial charge in [-0.1, -0.05) is 23.1 Å². The number of nitrogens with one attached hydrogen (secondary N) is 1. The third kappa shape index (κ3) is 3.77. The number of fused-ring (bicyclic) bond motifs is 1. The summed E-state index contributed by atoms with van der Waals surface area (Å²) in [6.07, 6.45) is 4.06. The zero-order chi connectivity index (χ0) is 17.2. The molecule has 4 rings (SSSR count). The van der Waals surface area contributed by atoms with Gasteiger partial charge in [-0.25, -0.2) is 4.98 Å². The molecule has 3 aromatic rings. The monoisotopic (exact) mass is 375 g/mol. The van der Waals surface area contributed by atoms with Gasteiger partial charge in [0.2, 0.25) is 5.91 Å². The van der Waals surface area contributed by atoms with Crippen LogP contribution in [0.3, 0.4) is 0 Å². The van der Waals surface area contributed by atoms with E-state index in [2.05, 4.69) is 20.5 Å². The van der Waals surface area contributed by atoms with Gasteiger partial charge in [-0.05, 0) is 38.0 Å². The first-order valence-electron chi connectivity index (χ1n) is 8.08. The predicted octanol–water partition coefficient (Wildman–Crippen LogP) is 3.35. The highest BCUT2D eigenvalue weighted by Gasteiger charge is 2.26. The van der Waals surface area contributed by atoms with Gasteiger partial charge in [-0.15, -0.1) is 10.2 Å². The number of amides is 1. The molecule has 25 heavy (non-hydrogen) atoms. The minimum Gasteiger partial charge on any atom is -0.494 e. The lowest BCUT2D eigenvalue weighted by Gasteiger charge is -2.03.